The Labute approximate surface area is 150 Å². The van der Waals surface area contributed by atoms with Gasteiger partial charge in [-0.1, -0.05) is 18.2 Å². The molecule has 0 saturated heterocycles. The number of alkyl halides is 2. The fourth-order valence-electron chi connectivity index (χ4n) is 2.27. The first-order valence-corrected chi connectivity index (χ1v) is 7.91. The monoisotopic (exact) mass is 360 g/mol. The number of hydrogen-bond donors (Lipinski definition) is 1. The Morgan fingerprint density at radius 1 is 1.08 bits per heavy atom. The SMILES string of the molecule is CC(Oc1cccc(C#N)c1)C(=O)NC(C)c1cccc(OC(F)F)c1. The Hall–Kier alpha value is -3.14. The van der Waals surface area contributed by atoms with Crippen LogP contribution in [-0.2, 0) is 4.79 Å². The Balaban J connectivity index is 1.98. The summed E-state index contributed by atoms with van der Waals surface area (Å²) in [6.07, 6.45) is -0.799. The highest BCUT2D eigenvalue weighted by molar-refractivity contribution is 5.81. The van der Waals surface area contributed by atoms with Gasteiger partial charge in [0.25, 0.3) is 5.91 Å². The molecule has 2 atom stereocenters. The van der Waals surface area contributed by atoms with E-state index in [0.717, 1.165) is 0 Å². The first kappa shape index (κ1) is 19.2. The summed E-state index contributed by atoms with van der Waals surface area (Å²) in [6.45, 7) is 0.396. The number of ether oxygens (including phenoxy) is 2. The van der Waals surface area contributed by atoms with Crippen LogP contribution in [0, 0.1) is 11.3 Å². The highest BCUT2D eigenvalue weighted by atomic mass is 19.3. The third-order valence-corrected chi connectivity index (χ3v) is 3.59. The Kier molecular flexibility index (Phi) is 6.50. The highest BCUT2D eigenvalue weighted by Crippen LogP contribution is 2.21. The first-order valence-electron chi connectivity index (χ1n) is 7.91. The summed E-state index contributed by atoms with van der Waals surface area (Å²) in [7, 11) is 0. The molecule has 2 rings (SSSR count). The molecule has 0 aromatic heterocycles. The molecule has 26 heavy (non-hydrogen) atoms. The maximum atomic E-state index is 12.3. The number of nitrogens with one attached hydrogen (secondary N) is 1. The van der Waals surface area contributed by atoms with Crippen molar-refractivity contribution in [3.8, 4) is 17.6 Å². The highest BCUT2D eigenvalue weighted by Gasteiger charge is 2.18. The second-order valence-corrected chi connectivity index (χ2v) is 5.58. The minimum atomic E-state index is -2.91. The maximum Gasteiger partial charge on any atom is 0.387 e. The van der Waals surface area contributed by atoms with Crippen LogP contribution in [0.2, 0.25) is 0 Å². The van der Waals surface area contributed by atoms with Crippen LogP contribution in [0.25, 0.3) is 0 Å². The number of nitrogens with zero attached hydrogens (tertiary/aromatic N) is 1. The lowest BCUT2D eigenvalue weighted by atomic mass is 10.1. The van der Waals surface area contributed by atoms with Gasteiger partial charge in [0.1, 0.15) is 11.5 Å². The van der Waals surface area contributed by atoms with Crippen LogP contribution in [-0.4, -0.2) is 18.6 Å². The van der Waals surface area contributed by atoms with Gasteiger partial charge in [-0.15, -0.1) is 0 Å². The second kappa shape index (κ2) is 8.81. The summed E-state index contributed by atoms with van der Waals surface area (Å²) in [5.41, 5.74) is 1.05. The lowest BCUT2D eigenvalue weighted by Gasteiger charge is -2.19. The summed E-state index contributed by atoms with van der Waals surface area (Å²) in [5.74, 6) is 0.0583. The average molecular weight is 360 g/mol. The van der Waals surface area contributed by atoms with Gasteiger partial charge >= 0.3 is 6.61 Å². The fraction of sp³-hybridized carbons (Fsp3) is 0.263. The zero-order chi connectivity index (χ0) is 19.1. The second-order valence-electron chi connectivity index (χ2n) is 5.58. The van der Waals surface area contributed by atoms with Crippen molar-refractivity contribution in [1.82, 2.24) is 5.32 Å². The molecule has 2 aromatic rings. The molecule has 5 nitrogen and oxygen atoms in total. The molecular formula is C19H18F2N2O3. The molecule has 0 heterocycles. The third kappa shape index (κ3) is 5.45. The van der Waals surface area contributed by atoms with E-state index >= 15 is 0 Å². The van der Waals surface area contributed by atoms with E-state index in [1.807, 2.05) is 6.07 Å². The normalized spacial score (nSPS) is 12.8. The van der Waals surface area contributed by atoms with E-state index in [1.165, 1.54) is 12.1 Å². The zero-order valence-electron chi connectivity index (χ0n) is 14.3. The number of carbonyl (C=O) groups excluding carboxylic acids is 1. The van der Waals surface area contributed by atoms with Crippen molar-refractivity contribution in [2.75, 3.05) is 0 Å². The van der Waals surface area contributed by atoms with Crippen molar-refractivity contribution in [2.24, 2.45) is 0 Å². The predicted octanol–water partition coefficient (Wildman–Crippen LogP) is 3.80. The lowest BCUT2D eigenvalue weighted by Crippen LogP contribution is -2.37. The first-order chi connectivity index (χ1) is 12.4. The van der Waals surface area contributed by atoms with Crippen molar-refractivity contribution in [1.29, 1.82) is 5.26 Å². The summed E-state index contributed by atoms with van der Waals surface area (Å²) >= 11 is 0. The minimum Gasteiger partial charge on any atom is -0.481 e. The van der Waals surface area contributed by atoms with Gasteiger partial charge in [0.05, 0.1) is 17.7 Å². The van der Waals surface area contributed by atoms with Crippen molar-refractivity contribution in [3.63, 3.8) is 0 Å². The smallest absolute Gasteiger partial charge is 0.387 e. The number of amides is 1. The fourth-order valence-corrected chi connectivity index (χ4v) is 2.27. The molecule has 0 aliphatic rings. The molecule has 2 aromatic carbocycles. The van der Waals surface area contributed by atoms with Crippen LogP contribution >= 0.6 is 0 Å². The number of hydrogen-bond acceptors (Lipinski definition) is 4. The molecule has 0 aliphatic carbocycles. The molecule has 0 aliphatic heterocycles. The summed E-state index contributed by atoms with van der Waals surface area (Å²) in [6, 6.07) is 14.2. The average Bonchev–Trinajstić information content (AvgIpc) is 2.61. The molecular weight excluding hydrogens is 342 g/mol. The van der Waals surface area contributed by atoms with E-state index in [-0.39, 0.29) is 11.7 Å². The minimum absolute atomic E-state index is 0.0243. The van der Waals surface area contributed by atoms with Crippen LogP contribution in [0.15, 0.2) is 48.5 Å². The van der Waals surface area contributed by atoms with Crippen LogP contribution in [0.5, 0.6) is 11.5 Å². The van der Waals surface area contributed by atoms with Gasteiger partial charge in [-0.2, -0.15) is 14.0 Å². The van der Waals surface area contributed by atoms with Gasteiger partial charge in [-0.3, -0.25) is 4.79 Å². The van der Waals surface area contributed by atoms with Crippen molar-refractivity contribution in [3.05, 3.63) is 59.7 Å². The number of nitriles is 1. The van der Waals surface area contributed by atoms with E-state index in [2.05, 4.69) is 10.1 Å². The number of rotatable bonds is 7. The molecule has 0 fully saturated rings. The molecule has 0 spiro atoms. The molecule has 2 unspecified atom stereocenters. The number of halogens is 2. The maximum absolute atomic E-state index is 12.3. The van der Waals surface area contributed by atoms with Crippen molar-refractivity contribution in [2.45, 2.75) is 32.6 Å². The van der Waals surface area contributed by atoms with E-state index in [4.69, 9.17) is 10.00 Å². The predicted molar refractivity (Wildman–Crippen MR) is 90.9 cm³/mol. The third-order valence-electron chi connectivity index (χ3n) is 3.59. The Morgan fingerprint density at radius 2 is 1.73 bits per heavy atom. The number of carbonyl (C=O) groups is 1. The Morgan fingerprint density at radius 3 is 2.38 bits per heavy atom. The summed E-state index contributed by atoms with van der Waals surface area (Å²) in [5, 5.41) is 11.6. The zero-order valence-corrected chi connectivity index (χ0v) is 14.3. The quantitative estimate of drug-likeness (QED) is 0.815. The molecule has 1 amide bonds. The van der Waals surface area contributed by atoms with Gasteiger partial charge in [0, 0.05) is 0 Å². The van der Waals surface area contributed by atoms with E-state index in [9.17, 15) is 13.6 Å². The van der Waals surface area contributed by atoms with Gasteiger partial charge < -0.3 is 14.8 Å². The van der Waals surface area contributed by atoms with E-state index in [0.29, 0.717) is 16.9 Å². The van der Waals surface area contributed by atoms with E-state index in [1.54, 1.807) is 50.2 Å². The topological polar surface area (TPSA) is 71.3 Å². The Bertz CT molecular complexity index is 805. The number of benzene rings is 2. The van der Waals surface area contributed by atoms with Gasteiger partial charge in [-0.05, 0) is 49.7 Å². The van der Waals surface area contributed by atoms with Gasteiger partial charge in [0.2, 0.25) is 0 Å². The molecule has 7 heteroatoms. The molecule has 0 saturated carbocycles. The van der Waals surface area contributed by atoms with Crippen LogP contribution < -0.4 is 14.8 Å². The molecule has 0 radical (unpaired) electrons. The summed E-state index contributed by atoms with van der Waals surface area (Å²) in [4.78, 5) is 12.3. The largest absolute Gasteiger partial charge is 0.481 e. The van der Waals surface area contributed by atoms with Crippen LogP contribution in [0.4, 0.5) is 8.78 Å². The molecule has 136 valence electrons. The van der Waals surface area contributed by atoms with Crippen LogP contribution in [0.1, 0.15) is 31.0 Å². The van der Waals surface area contributed by atoms with Crippen molar-refractivity contribution >= 4 is 5.91 Å². The molecule has 0 bridgehead atoms. The van der Waals surface area contributed by atoms with Gasteiger partial charge in [-0.25, -0.2) is 0 Å². The van der Waals surface area contributed by atoms with Gasteiger partial charge in [0.15, 0.2) is 6.10 Å². The van der Waals surface area contributed by atoms with Crippen LogP contribution in [0.3, 0.4) is 0 Å². The standard InChI is InChI=1S/C19H18F2N2O3/c1-12(15-6-4-8-17(10-15)26-19(20)21)23-18(24)13(2)25-16-7-3-5-14(9-16)11-22/h3-10,12-13,19H,1-2H3,(H,23,24). The lowest BCUT2D eigenvalue weighted by molar-refractivity contribution is -0.127. The van der Waals surface area contributed by atoms with Crippen molar-refractivity contribution < 1.29 is 23.0 Å². The van der Waals surface area contributed by atoms with E-state index < -0.39 is 18.8 Å². The summed E-state index contributed by atoms with van der Waals surface area (Å²) < 4.78 is 34.5. The molecule has 1 N–H and O–H groups in total.